The molecule has 2 rings (SSSR count). The van der Waals surface area contributed by atoms with Gasteiger partial charge in [0.1, 0.15) is 11.5 Å². The van der Waals surface area contributed by atoms with Gasteiger partial charge in [0.2, 0.25) is 0 Å². The fourth-order valence-electron chi connectivity index (χ4n) is 1.77. The largest absolute Gasteiger partial charge is 0.466 e. The number of hydrogen-bond acceptors (Lipinski definition) is 3. The Morgan fingerprint density at radius 2 is 2.00 bits per heavy atom. The monoisotopic (exact) mass is 268 g/mol. The summed E-state index contributed by atoms with van der Waals surface area (Å²) >= 11 is 0. The van der Waals surface area contributed by atoms with Gasteiger partial charge in [0, 0.05) is 6.21 Å². The van der Waals surface area contributed by atoms with Crippen molar-refractivity contribution < 1.29 is 9.21 Å². The summed E-state index contributed by atoms with van der Waals surface area (Å²) in [7, 11) is 0. The SMILES string of the molecule is Cc1cc(C(=O)NN=C/C=C/c2ccccc2)c(C)o1. The average molecular weight is 268 g/mol. The highest BCUT2D eigenvalue weighted by atomic mass is 16.3. The molecule has 0 aliphatic heterocycles. The first-order chi connectivity index (χ1) is 9.66. The Kier molecular flexibility index (Phi) is 4.50. The Balaban J connectivity index is 1.89. The van der Waals surface area contributed by atoms with E-state index in [0.29, 0.717) is 17.1 Å². The van der Waals surface area contributed by atoms with Gasteiger partial charge in [0.25, 0.3) is 5.91 Å². The third-order valence-electron chi connectivity index (χ3n) is 2.70. The molecule has 0 spiro atoms. The van der Waals surface area contributed by atoms with Crippen LogP contribution in [0.25, 0.3) is 6.08 Å². The molecule has 1 aromatic carbocycles. The summed E-state index contributed by atoms with van der Waals surface area (Å²) in [6, 6.07) is 11.5. The molecular formula is C16H16N2O2. The van der Waals surface area contributed by atoms with E-state index in [2.05, 4.69) is 10.5 Å². The lowest BCUT2D eigenvalue weighted by Crippen LogP contribution is -2.17. The Morgan fingerprint density at radius 1 is 1.25 bits per heavy atom. The zero-order chi connectivity index (χ0) is 14.4. The van der Waals surface area contributed by atoms with Gasteiger partial charge in [-0.25, -0.2) is 5.43 Å². The van der Waals surface area contributed by atoms with Gasteiger partial charge in [-0.05, 0) is 31.6 Å². The van der Waals surface area contributed by atoms with Gasteiger partial charge in [-0.2, -0.15) is 5.10 Å². The molecule has 0 bridgehead atoms. The van der Waals surface area contributed by atoms with Crippen LogP contribution in [0.5, 0.6) is 0 Å². The van der Waals surface area contributed by atoms with Crippen molar-refractivity contribution in [2.24, 2.45) is 5.10 Å². The number of allylic oxidation sites excluding steroid dienone is 1. The van der Waals surface area contributed by atoms with Crippen LogP contribution < -0.4 is 5.43 Å². The smallest absolute Gasteiger partial charge is 0.274 e. The van der Waals surface area contributed by atoms with Crippen molar-refractivity contribution in [1.82, 2.24) is 5.43 Å². The highest BCUT2D eigenvalue weighted by Crippen LogP contribution is 2.13. The molecule has 0 aliphatic carbocycles. The number of benzene rings is 1. The van der Waals surface area contributed by atoms with Gasteiger partial charge in [-0.3, -0.25) is 4.79 Å². The van der Waals surface area contributed by atoms with E-state index < -0.39 is 0 Å². The van der Waals surface area contributed by atoms with Crippen molar-refractivity contribution in [1.29, 1.82) is 0 Å². The van der Waals surface area contributed by atoms with Crippen LogP contribution in [-0.4, -0.2) is 12.1 Å². The van der Waals surface area contributed by atoms with Gasteiger partial charge in [0.05, 0.1) is 5.56 Å². The Hall–Kier alpha value is -2.62. The Labute approximate surface area is 117 Å². The lowest BCUT2D eigenvalue weighted by Gasteiger charge is -1.95. The van der Waals surface area contributed by atoms with E-state index in [-0.39, 0.29) is 5.91 Å². The molecular weight excluding hydrogens is 252 g/mol. The van der Waals surface area contributed by atoms with Crippen LogP contribution >= 0.6 is 0 Å². The molecule has 0 saturated carbocycles. The maximum Gasteiger partial charge on any atom is 0.274 e. The Bertz CT molecular complexity index is 640. The average Bonchev–Trinajstić information content (AvgIpc) is 2.78. The normalized spacial score (nSPS) is 11.3. The van der Waals surface area contributed by atoms with Crippen LogP contribution in [-0.2, 0) is 0 Å². The van der Waals surface area contributed by atoms with E-state index in [4.69, 9.17) is 4.42 Å². The molecule has 0 radical (unpaired) electrons. The zero-order valence-electron chi connectivity index (χ0n) is 11.5. The second kappa shape index (κ2) is 6.52. The second-order valence-corrected chi connectivity index (χ2v) is 4.32. The molecule has 4 nitrogen and oxygen atoms in total. The van der Waals surface area contributed by atoms with Gasteiger partial charge >= 0.3 is 0 Å². The highest BCUT2D eigenvalue weighted by molar-refractivity contribution is 5.95. The van der Waals surface area contributed by atoms with Crippen LogP contribution in [0, 0.1) is 13.8 Å². The van der Waals surface area contributed by atoms with Crippen LogP contribution in [0.3, 0.4) is 0 Å². The van der Waals surface area contributed by atoms with E-state index >= 15 is 0 Å². The highest BCUT2D eigenvalue weighted by Gasteiger charge is 2.12. The van der Waals surface area contributed by atoms with Crippen molar-refractivity contribution in [3.8, 4) is 0 Å². The summed E-state index contributed by atoms with van der Waals surface area (Å²) in [4.78, 5) is 11.8. The topological polar surface area (TPSA) is 54.6 Å². The number of aryl methyl sites for hydroxylation is 2. The lowest BCUT2D eigenvalue weighted by atomic mass is 10.2. The molecule has 0 fully saturated rings. The van der Waals surface area contributed by atoms with Crippen LogP contribution in [0.2, 0.25) is 0 Å². The number of hydrazone groups is 1. The van der Waals surface area contributed by atoms with Crippen LogP contribution in [0.1, 0.15) is 27.4 Å². The molecule has 20 heavy (non-hydrogen) atoms. The van der Waals surface area contributed by atoms with Crippen LogP contribution in [0.4, 0.5) is 0 Å². The number of furan rings is 1. The molecule has 102 valence electrons. The first-order valence-electron chi connectivity index (χ1n) is 6.29. The van der Waals surface area contributed by atoms with Gasteiger partial charge in [0.15, 0.2) is 0 Å². The minimum atomic E-state index is -0.274. The summed E-state index contributed by atoms with van der Waals surface area (Å²) in [6.45, 7) is 3.55. The van der Waals surface area contributed by atoms with E-state index in [0.717, 1.165) is 5.56 Å². The predicted molar refractivity (Wildman–Crippen MR) is 79.6 cm³/mol. The minimum Gasteiger partial charge on any atom is -0.466 e. The van der Waals surface area contributed by atoms with Crippen LogP contribution in [0.15, 0.2) is 52.0 Å². The summed E-state index contributed by atoms with van der Waals surface area (Å²) < 4.78 is 5.29. The number of carbonyl (C=O) groups excluding carboxylic acids is 1. The molecule has 4 heteroatoms. The molecule has 1 N–H and O–H groups in total. The number of rotatable bonds is 4. The summed E-state index contributed by atoms with van der Waals surface area (Å²) in [5.74, 6) is 1.03. The van der Waals surface area contributed by atoms with E-state index in [1.807, 2.05) is 36.4 Å². The van der Waals surface area contributed by atoms with E-state index in [1.54, 1.807) is 26.0 Å². The molecule has 0 atom stereocenters. The first-order valence-corrected chi connectivity index (χ1v) is 6.29. The first kappa shape index (κ1) is 13.8. The third-order valence-corrected chi connectivity index (χ3v) is 2.70. The van der Waals surface area contributed by atoms with Gasteiger partial charge < -0.3 is 4.42 Å². The molecule has 1 aromatic heterocycles. The van der Waals surface area contributed by atoms with E-state index in [9.17, 15) is 4.79 Å². The van der Waals surface area contributed by atoms with Crippen molar-refractivity contribution in [2.45, 2.75) is 13.8 Å². The van der Waals surface area contributed by atoms with Crippen molar-refractivity contribution in [2.75, 3.05) is 0 Å². The predicted octanol–water partition coefficient (Wildman–Crippen LogP) is 3.33. The third kappa shape index (κ3) is 3.68. The van der Waals surface area contributed by atoms with Crippen molar-refractivity contribution >= 4 is 18.2 Å². The molecule has 1 heterocycles. The maximum absolute atomic E-state index is 11.8. The molecule has 1 amide bonds. The summed E-state index contributed by atoms with van der Waals surface area (Å²) in [5.41, 5.74) is 4.04. The fourth-order valence-corrected chi connectivity index (χ4v) is 1.77. The fraction of sp³-hybridized carbons (Fsp3) is 0.125. The number of carbonyl (C=O) groups is 1. The van der Waals surface area contributed by atoms with E-state index in [1.165, 1.54) is 6.21 Å². The zero-order valence-corrected chi connectivity index (χ0v) is 11.5. The minimum absolute atomic E-state index is 0.274. The lowest BCUT2D eigenvalue weighted by molar-refractivity contribution is 0.0953. The molecule has 0 aliphatic rings. The molecule has 0 saturated heterocycles. The van der Waals surface area contributed by atoms with Crippen molar-refractivity contribution in [3.05, 3.63) is 65.1 Å². The Morgan fingerprint density at radius 3 is 2.65 bits per heavy atom. The standard InChI is InChI=1S/C16H16N2O2/c1-12-11-15(13(2)20-12)16(19)18-17-10-6-9-14-7-4-3-5-8-14/h3-11H,1-2H3,(H,18,19)/b9-6+,17-10?. The summed E-state index contributed by atoms with van der Waals surface area (Å²) in [6.07, 6.45) is 5.21. The number of nitrogens with zero attached hydrogens (tertiary/aromatic N) is 1. The number of amides is 1. The van der Waals surface area contributed by atoms with Crippen molar-refractivity contribution in [3.63, 3.8) is 0 Å². The van der Waals surface area contributed by atoms with Gasteiger partial charge in [-0.15, -0.1) is 0 Å². The van der Waals surface area contributed by atoms with Gasteiger partial charge in [-0.1, -0.05) is 36.4 Å². The maximum atomic E-state index is 11.8. The molecule has 0 unspecified atom stereocenters. The quantitative estimate of drug-likeness (QED) is 0.683. The number of nitrogens with one attached hydrogen (secondary N) is 1. The second-order valence-electron chi connectivity index (χ2n) is 4.32. The number of hydrogen-bond donors (Lipinski definition) is 1. The summed E-state index contributed by atoms with van der Waals surface area (Å²) in [5, 5.41) is 3.86. The molecule has 2 aromatic rings.